The quantitative estimate of drug-likeness (QED) is 0.743. The van der Waals surface area contributed by atoms with E-state index in [4.69, 9.17) is 9.84 Å². The Morgan fingerprint density at radius 2 is 2.28 bits per heavy atom. The average Bonchev–Trinajstić information content (AvgIpc) is 2.31. The fourth-order valence-electron chi connectivity index (χ4n) is 1.32. The number of allylic oxidation sites excluding steroid dienone is 1. The Hall–Kier alpha value is -2.38. The van der Waals surface area contributed by atoms with Crippen LogP contribution in [0.1, 0.15) is 23.1 Å². The van der Waals surface area contributed by atoms with Gasteiger partial charge in [0.1, 0.15) is 5.69 Å². The van der Waals surface area contributed by atoms with Gasteiger partial charge in [-0.3, -0.25) is 0 Å². The fraction of sp³-hybridized carbons (Fsp3) is 0.200. The van der Waals surface area contributed by atoms with Crippen molar-refractivity contribution in [1.29, 1.82) is 0 Å². The van der Waals surface area contributed by atoms with Crippen molar-refractivity contribution in [2.45, 2.75) is 13.8 Å². The van der Waals surface area contributed by atoms with Crippen LogP contribution in [0.15, 0.2) is 23.0 Å². The molecule has 0 unspecified atom stereocenters. The molecule has 0 fully saturated rings. The number of rotatable bonds is 3. The van der Waals surface area contributed by atoms with Gasteiger partial charge in [0.2, 0.25) is 5.88 Å². The minimum absolute atomic E-state index is 0.114. The van der Waals surface area contributed by atoms with E-state index in [0.717, 1.165) is 11.9 Å². The Kier molecular flexibility index (Phi) is 3.27. The number of carbonyl (C=O) groups is 1. The second-order valence-corrected chi connectivity index (χ2v) is 3.63. The van der Waals surface area contributed by atoms with Gasteiger partial charge in [-0.2, -0.15) is 5.10 Å². The number of nitrogens with one attached hydrogen (secondary N) is 1. The summed E-state index contributed by atoms with van der Waals surface area (Å²) in [5, 5.41) is 15.4. The van der Waals surface area contributed by atoms with Crippen LogP contribution in [-0.4, -0.2) is 34.2 Å². The molecule has 1 aromatic rings. The zero-order chi connectivity index (χ0) is 13.1. The zero-order valence-corrected chi connectivity index (χ0v) is 9.84. The topological polar surface area (TPSA) is 96.7 Å². The van der Waals surface area contributed by atoms with Gasteiger partial charge in [0, 0.05) is 0 Å². The highest BCUT2D eigenvalue weighted by atomic mass is 16.5. The summed E-state index contributed by atoms with van der Waals surface area (Å²) in [6.45, 7) is 3.45. The highest BCUT2D eigenvalue weighted by Gasteiger charge is 2.14. The van der Waals surface area contributed by atoms with Gasteiger partial charge in [0.05, 0.1) is 17.6 Å². The van der Waals surface area contributed by atoms with E-state index in [1.807, 2.05) is 6.92 Å². The van der Waals surface area contributed by atoms with Crippen LogP contribution < -0.4 is 10.1 Å². The van der Waals surface area contributed by atoms with E-state index >= 15 is 0 Å². The van der Waals surface area contributed by atoms with Gasteiger partial charge in [0.25, 0.3) is 0 Å². The molecule has 1 aromatic heterocycles. The molecular weight excluding hydrogens is 235 g/mol. The van der Waals surface area contributed by atoms with Gasteiger partial charge in [0.15, 0.2) is 5.69 Å². The number of carboxylic acids is 1. The van der Waals surface area contributed by atoms with Crippen molar-refractivity contribution in [3.63, 3.8) is 0 Å². The van der Waals surface area contributed by atoms with Crippen LogP contribution in [0.2, 0.25) is 0 Å². The highest BCUT2D eigenvalue weighted by molar-refractivity contribution is 6.43. The predicted molar refractivity (Wildman–Crippen MR) is 64.4 cm³/mol. The lowest BCUT2D eigenvalue weighted by molar-refractivity contribution is 0.0689. The first kappa shape index (κ1) is 12.1. The Labute approximate surface area is 104 Å². The molecule has 0 atom stereocenters. The lowest BCUT2D eigenvalue weighted by Crippen LogP contribution is -2.25. The van der Waals surface area contributed by atoms with E-state index in [0.29, 0.717) is 11.4 Å². The molecule has 0 saturated heterocycles. The van der Waals surface area contributed by atoms with Gasteiger partial charge in [-0.15, -0.1) is 0 Å². The number of aromatic nitrogens is 2. The summed E-state index contributed by atoms with van der Waals surface area (Å²) in [4.78, 5) is 18.5. The molecule has 2 rings (SSSR count). The second-order valence-electron chi connectivity index (χ2n) is 3.63. The van der Waals surface area contributed by atoms with Gasteiger partial charge < -0.3 is 15.2 Å². The molecule has 0 amide bonds. The molecule has 1 aliphatic rings. The first-order chi connectivity index (χ1) is 8.56. The summed E-state index contributed by atoms with van der Waals surface area (Å²) in [6, 6.07) is 0. The van der Waals surface area contributed by atoms with E-state index in [2.05, 4.69) is 20.4 Å². The Bertz CT molecular complexity index is 556. The Balaban J connectivity index is 2.20. The summed E-state index contributed by atoms with van der Waals surface area (Å²) in [5.74, 6) is -0.857. The van der Waals surface area contributed by atoms with Gasteiger partial charge in [-0.25, -0.2) is 14.8 Å². The van der Waals surface area contributed by atoms with Crippen molar-refractivity contribution in [2.75, 3.05) is 0 Å². The third-order valence-electron chi connectivity index (χ3n) is 2.13. The molecule has 0 aromatic carbocycles. The normalized spacial score (nSPS) is 13.9. The van der Waals surface area contributed by atoms with Crippen LogP contribution in [0.4, 0.5) is 0 Å². The number of aromatic carboxylic acids is 1. The standard InChI is InChI=1S/C10H10BN4O3/c1-5-3-8(11-15-14-5)18-9-6(2)13-7(4-12-9)10(16)17/h3-4,15H,1-2H3,(H,16,17). The van der Waals surface area contributed by atoms with Gasteiger partial charge in [-0.1, -0.05) is 0 Å². The van der Waals surface area contributed by atoms with Crippen molar-refractivity contribution in [3.05, 3.63) is 29.3 Å². The SMILES string of the molecule is CC1=NN[B]C(Oc2ncc(C(=O)O)nc2C)=C1. The van der Waals surface area contributed by atoms with Crippen molar-refractivity contribution in [1.82, 2.24) is 15.3 Å². The van der Waals surface area contributed by atoms with Crippen molar-refractivity contribution >= 4 is 19.1 Å². The second kappa shape index (κ2) is 4.86. The molecule has 1 aliphatic heterocycles. The smallest absolute Gasteiger partial charge is 0.356 e. The summed E-state index contributed by atoms with van der Waals surface area (Å²) in [5.41, 5.74) is 1.59. The molecular formula is C10H10BN4O3. The Morgan fingerprint density at radius 3 is 2.89 bits per heavy atom. The molecule has 8 heteroatoms. The maximum atomic E-state index is 10.7. The van der Waals surface area contributed by atoms with E-state index < -0.39 is 5.97 Å². The minimum Gasteiger partial charge on any atom is -0.476 e. The summed E-state index contributed by atoms with van der Waals surface area (Å²) in [6.07, 6.45) is 2.88. The molecule has 0 aliphatic carbocycles. The molecule has 1 radical (unpaired) electrons. The van der Waals surface area contributed by atoms with E-state index in [-0.39, 0.29) is 11.6 Å². The average molecular weight is 245 g/mol. The number of hydrogen-bond donors (Lipinski definition) is 2. The highest BCUT2D eigenvalue weighted by Crippen LogP contribution is 2.15. The molecule has 0 bridgehead atoms. The maximum Gasteiger partial charge on any atom is 0.356 e. The van der Waals surface area contributed by atoms with Gasteiger partial charge in [-0.05, 0) is 19.9 Å². The zero-order valence-electron chi connectivity index (χ0n) is 9.84. The van der Waals surface area contributed by atoms with Crippen LogP contribution in [0.5, 0.6) is 5.88 Å². The van der Waals surface area contributed by atoms with Crippen molar-refractivity contribution in [3.8, 4) is 5.88 Å². The number of ether oxygens (including phenoxy) is 1. The van der Waals surface area contributed by atoms with Crippen LogP contribution in [-0.2, 0) is 0 Å². The Morgan fingerprint density at radius 1 is 1.50 bits per heavy atom. The monoisotopic (exact) mass is 245 g/mol. The largest absolute Gasteiger partial charge is 0.476 e. The molecule has 0 spiro atoms. The lowest BCUT2D eigenvalue weighted by atomic mass is 9.90. The molecule has 18 heavy (non-hydrogen) atoms. The number of aryl methyl sites for hydroxylation is 1. The lowest BCUT2D eigenvalue weighted by Gasteiger charge is -2.13. The maximum absolute atomic E-state index is 10.7. The minimum atomic E-state index is -1.12. The van der Waals surface area contributed by atoms with Crippen LogP contribution in [0.3, 0.4) is 0 Å². The number of hydrogen-bond acceptors (Lipinski definition) is 6. The predicted octanol–water partition coefficient (Wildman–Crippen LogP) is 0.302. The van der Waals surface area contributed by atoms with E-state index in [1.54, 1.807) is 20.4 Å². The number of carboxylic acid groups (broad SMARTS) is 1. The molecule has 7 nitrogen and oxygen atoms in total. The van der Waals surface area contributed by atoms with Crippen LogP contribution in [0.25, 0.3) is 0 Å². The van der Waals surface area contributed by atoms with Crippen LogP contribution >= 0.6 is 0 Å². The third-order valence-corrected chi connectivity index (χ3v) is 2.13. The first-order valence-electron chi connectivity index (χ1n) is 5.16. The summed E-state index contributed by atoms with van der Waals surface area (Å²) < 4.78 is 5.49. The molecule has 0 saturated carbocycles. The molecule has 2 heterocycles. The summed E-state index contributed by atoms with van der Waals surface area (Å²) >= 11 is 0. The van der Waals surface area contributed by atoms with Crippen molar-refractivity contribution < 1.29 is 14.6 Å². The number of hydrazone groups is 1. The third kappa shape index (κ3) is 2.65. The molecule has 91 valence electrons. The fourth-order valence-corrected chi connectivity index (χ4v) is 1.32. The summed E-state index contributed by atoms with van der Waals surface area (Å²) in [7, 11) is 1.57. The van der Waals surface area contributed by atoms with E-state index in [1.165, 1.54) is 0 Å². The first-order valence-corrected chi connectivity index (χ1v) is 5.16. The number of nitrogens with zero attached hydrogens (tertiary/aromatic N) is 3. The van der Waals surface area contributed by atoms with Crippen LogP contribution in [0, 0.1) is 6.92 Å². The van der Waals surface area contributed by atoms with E-state index in [9.17, 15) is 4.79 Å². The van der Waals surface area contributed by atoms with Crippen molar-refractivity contribution in [2.24, 2.45) is 5.10 Å². The van der Waals surface area contributed by atoms with Gasteiger partial charge >= 0.3 is 13.4 Å². The molecule has 2 N–H and O–H groups in total.